The summed E-state index contributed by atoms with van der Waals surface area (Å²) in [6.07, 6.45) is 0.707. The number of nitrogens with two attached hydrogens (primary N) is 1. The summed E-state index contributed by atoms with van der Waals surface area (Å²) in [4.78, 5) is 0. The summed E-state index contributed by atoms with van der Waals surface area (Å²) in [5, 5.41) is 0. The van der Waals surface area contributed by atoms with E-state index in [9.17, 15) is 0 Å². The van der Waals surface area contributed by atoms with Gasteiger partial charge in [-0.1, -0.05) is 22.0 Å². The molecule has 0 spiro atoms. The lowest BCUT2D eigenvalue weighted by Gasteiger charge is -2.31. The second-order valence-corrected chi connectivity index (χ2v) is 6.79. The van der Waals surface area contributed by atoms with Crippen LogP contribution in [0.2, 0.25) is 0 Å². The summed E-state index contributed by atoms with van der Waals surface area (Å²) in [7, 11) is 1.65. The van der Waals surface area contributed by atoms with Crippen LogP contribution < -0.4 is 15.2 Å². The molecule has 0 bridgehead atoms. The Kier molecular flexibility index (Phi) is 4.24. The third-order valence-electron chi connectivity index (χ3n) is 3.66. The van der Waals surface area contributed by atoms with Crippen molar-refractivity contribution in [3.8, 4) is 11.5 Å². The summed E-state index contributed by atoms with van der Waals surface area (Å²) in [6.45, 7) is 0. The molecule has 2 N–H and O–H groups in total. The van der Waals surface area contributed by atoms with E-state index in [2.05, 4.69) is 31.9 Å². The van der Waals surface area contributed by atoms with Crippen molar-refractivity contribution in [1.29, 1.82) is 0 Å². The summed E-state index contributed by atoms with van der Waals surface area (Å²) in [5.74, 6) is 1.66. The van der Waals surface area contributed by atoms with E-state index in [1.807, 2.05) is 36.4 Å². The van der Waals surface area contributed by atoms with Crippen molar-refractivity contribution in [2.45, 2.75) is 18.6 Å². The van der Waals surface area contributed by atoms with Gasteiger partial charge >= 0.3 is 0 Å². The zero-order valence-electron chi connectivity index (χ0n) is 11.5. The average Bonchev–Trinajstić information content (AvgIpc) is 2.47. The Morgan fingerprint density at radius 3 is 2.71 bits per heavy atom. The molecule has 1 aliphatic heterocycles. The van der Waals surface area contributed by atoms with Crippen LogP contribution in [0.1, 0.15) is 29.7 Å². The molecular formula is C16H15Br2NO2. The van der Waals surface area contributed by atoms with Crippen LogP contribution in [-0.4, -0.2) is 7.11 Å². The van der Waals surface area contributed by atoms with Gasteiger partial charge in [0.1, 0.15) is 17.6 Å². The number of hydrogen-bond acceptors (Lipinski definition) is 3. The summed E-state index contributed by atoms with van der Waals surface area (Å²) in [5.41, 5.74) is 8.44. The molecule has 2 aromatic carbocycles. The van der Waals surface area contributed by atoms with E-state index in [0.29, 0.717) is 0 Å². The molecule has 0 saturated heterocycles. The zero-order valence-corrected chi connectivity index (χ0v) is 14.6. The normalized spacial score (nSPS) is 20.6. The molecule has 0 aliphatic carbocycles. The smallest absolute Gasteiger partial charge is 0.133 e. The maximum atomic E-state index is 6.30. The van der Waals surface area contributed by atoms with Gasteiger partial charge < -0.3 is 15.2 Å². The van der Waals surface area contributed by atoms with Crippen LogP contribution in [0.15, 0.2) is 45.3 Å². The monoisotopic (exact) mass is 411 g/mol. The van der Waals surface area contributed by atoms with Crippen molar-refractivity contribution in [1.82, 2.24) is 0 Å². The molecule has 3 rings (SSSR count). The van der Waals surface area contributed by atoms with Gasteiger partial charge in [-0.3, -0.25) is 0 Å². The van der Waals surface area contributed by atoms with Gasteiger partial charge in [0.2, 0.25) is 0 Å². The van der Waals surface area contributed by atoms with E-state index < -0.39 is 0 Å². The topological polar surface area (TPSA) is 44.5 Å². The highest BCUT2D eigenvalue weighted by Gasteiger charge is 2.27. The minimum absolute atomic E-state index is 0.0304. The molecule has 2 aromatic rings. The second kappa shape index (κ2) is 5.99. The first-order valence-electron chi connectivity index (χ1n) is 6.63. The summed E-state index contributed by atoms with van der Waals surface area (Å²) >= 11 is 6.98. The number of rotatable bonds is 2. The van der Waals surface area contributed by atoms with Crippen LogP contribution >= 0.6 is 31.9 Å². The molecule has 5 heteroatoms. The van der Waals surface area contributed by atoms with Crippen LogP contribution in [0.5, 0.6) is 11.5 Å². The van der Waals surface area contributed by atoms with E-state index in [-0.39, 0.29) is 12.1 Å². The van der Waals surface area contributed by atoms with E-state index in [1.165, 1.54) is 0 Å². The Balaban J connectivity index is 1.92. The molecule has 1 unspecified atom stereocenters. The van der Waals surface area contributed by atoms with Gasteiger partial charge in [0.15, 0.2) is 0 Å². The number of halogens is 2. The van der Waals surface area contributed by atoms with Crippen LogP contribution in [0.25, 0.3) is 0 Å². The fourth-order valence-electron chi connectivity index (χ4n) is 2.56. The first-order chi connectivity index (χ1) is 10.1. The van der Waals surface area contributed by atoms with E-state index in [4.69, 9.17) is 15.2 Å². The van der Waals surface area contributed by atoms with Crippen LogP contribution in [0, 0.1) is 0 Å². The highest BCUT2D eigenvalue weighted by Crippen LogP contribution is 2.41. The Morgan fingerprint density at radius 2 is 2.00 bits per heavy atom. The van der Waals surface area contributed by atoms with E-state index in [1.54, 1.807) is 7.11 Å². The Bertz CT molecular complexity index is 675. The van der Waals surface area contributed by atoms with Gasteiger partial charge in [0.05, 0.1) is 11.6 Å². The molecule has 110 valence electrons. The molecular weight excluding hydrogens is 398 g/mol. The van der Waals surface area contributed by atoms with Crippen molar-refractivity contribution in [3.05, 3.63) is 56.5 Å². The van der Waals surface area contributed by atoms with Gasteiger partial charge in [-0.2, -0.15) is 0 Å². The Labute approximate surface area is 140 Å². The minimum atomic E-state index is -0.0455. The summed E-state index contributed by atoms with van der Waals surface area (Å²) < 4.78 is 13.3. The highest BCUT2D eigenvalue weighted by atomic mass is 79.9. The molecule has 0 amide bonds. The van der Waals surface area contributed by atoms with Crippen LogP contribution in [0.3, 0.4) is 0 Å². The van der Waals surface area contributed by atoms with Crippen LogP contribution in [-0.2, 0) is 0 Å². The van der Waals surface area contributed by atoms with Crippen molar-refractivity contribution in [3.63, 3.8) is 0 Å². The third kappa shape index (κ3) is 2.96. The Morgan fingerprint density at radius 1 is 1.19 bits per heavy atom. The van der Waals surface area contributed by atoms with E-state index in [0.717, 1.165) is 38.0 Å². The van der Waals surface area contributed by atoms with Crippen molar-refractivity contribution in [2.24, 2.45) is 5.73 Å². The maximum Gasteiger partial charge on any atom is 0.133 e. The molecule has 21 heavy (non-hydrogen) atoms. The lowest BCUT2D eigenvalue weighted by Crippen LogP contribution is -2.24. The number of ether oxygens (including phenoxy) is 2. The minimum Gasteiger partial charge on any atom is -0.496 e. The first-order valence-corrected chi connectivity index (χ1v) is 8.22. The highest BCUT2D eigenvalue weighted by molar-refractivity contribution is 9.10. The molecule has 2 atom stereocenters. The van der Waals surface area contributed by atoms with Gasteiger partial charge in [-0.15, -0.1) is 0 Å². The fraction of sp³-hybridized carbons (Fsp3) is 0.250. The predicted octanol–water partition coefficient (Wildman–Crippen LogP) is 4.74. The van der Waals surface area contributed by atoms with Crippen molar-refractivity contribution >= 4 is 31.9 Å². The molecule has 0 aromatic heterocycles. The van der Waals surface area contributed by atoms with E-state index >= 15 is 0 Å². The van der Waals surface area contributed by atoms with Gasteiger partial charge in [0.25, 0.3) is 0 Å². The quantitative estimate of drug-likeness (QED) is 0.774. The molecule has 3 nitrogen and oxygen atoms in total. The molecule has 1 heterocycles. The largest absolute Gasteiger partial charge is 0.496 e. The number of fused-ring (bicyclic) bond motifs is 1. The lowest BCUT2D eigenvalue weighted by atomic mass is 9.93. The second-order valence-electron chi connectivity index (χ2n) is 5.02. The van der Waals surface area contributed by atoms with Gasteiger partial charge in [0, 0.05) is 22.5 Å². The van der Waals surface area contributed by atoms with Gasteiger partial charge in [-0.25, -0.2) is 0 Å². The van der Waals surface area contributed by atoms with Gasteiger partial charge in [-0.05, 0) is 51.8 Å². The average molecular weight is 413 g/mol. The number of benzene rings is 2. The van der Waals surface area contributed by atoms with Crippen molar-refractivity contribution in [2.75, 3.05) is 7.11 Å². The maximum absolute atomic E-state index is 6.30. The lowest BCUT2D eigenvalue weighted by molar-refractivity contribution is 0.161. The van der Waals surface area contributed by atoms with Crippen LogP contribution in [0.4, 0.5) is 0 Å². The number of methoxy groups -OCH3 is 1. The molecule has 1 aliphatic rings. The zero-order chi connectivity index (χ0) is 15.0. The van der Waals surface area contributed by atoms with Crippen molar-refractivity contribution < 1.29 is 9.47 Å². The Hall–Kier alpha value is -1.04. The SMILES string of the molecule is COc1ccc(C2C[C@H](N)c3cc(Br)ccc3O2)cc1Br. The molecule has 0 saturated carbocycles. The first kappa shape index (κ1) is 14.9. The third-order valence-corrected chi connectivity index (χ3v) is 4.77. The molecule has 0 fully saturated rings. The standard InChI is InChI=1S/C16H15Br2NO2/c1-20-15-4-2-9(6-12(15)18)16-8-13(19)11-7-10(17)3-5-14(11)21-16/h2-7,13,16H,8,19H2,1H3/t13-,16?/m0/s1. The summed E-state index contributed by atoms with van der Waals surface area (Å²) in [6, 6.07) is 11.9. The fourth-order valence-corrected chi connectivity index (χ4v) is 3.50. The number of hydrogen-bond donors (Lipinski definition) is 1. The predicted molar refractivity (Wildman–Crippen MR) is 89.8 cm³/mol. The molecule has 0 radical (unpaired) electrons.